The number of aromatic nitrogens is 1. The van der Waals surface area contributed by atoms with Crippen LogP contribution < -0.4 is 18.9 Å². The molecule has 0 saturated heterocycles. The first kappa shape index (κ1) is 23.7. The Morgan fingerprint density at radius 1 is 1.00 bits per heavy atom. The third kappa shape index (κ3) is 4.07. The van der Waals surface area contributed by atoms with E-state index in [9.17, 15) is 9.90 Å². The lowest BCUT2D eigenvalue weighted by atomic mass is 9.89. The van der Waals surface area contributed by atoms with E-state index in [-0.39, 0.29) is 10.9 Å². The molecule has 2 aromatic carbocycles. The minimum absolute atomic E-state index is 0.131. The van der Waals surface area contributed by atoms with Crippen molar-refractivity contribution in [3.63, 3.8) is 0 Å². The minimum atomic E-state index is -1.06. The number of hydrogen-bond donors (Lipinski definition) is 1. The van der Waals surface area contributed by atoms with Gasteiger partial charge in [0, 0.05) is 27.9 Å². The number of hydrogen-bond acceptors (Lipinski definition) is 6. The number of pyridine rings is 1. The van der Waals surface area contributed by atoms with Crippen molar-refractivity contribution < 1.29 is 28.8 Å². The van der Waals surface area contributed by atoms with Crippen LogP contribution in [0.4, 0.5) is 0 Å². The summed E-state index contributed by atoms with van der Waals surface area (Å²) in [6.07, 6.45) is 1.48. The number of methoxy groups -OCH3 is 4. The molecule has 1 N–H and O–H groups in total. The molecule has 0 bridgehead atoms. The minimum Gasteiger partial charge on any atom is -0.493 e. The maximum Gasteiger partial charge on any atom is 0.338 e. The maximum absolute atomic E-state index is 12.5. The number of aryl methyl sites for hydroxylation is 1. The molecule has 1 aromatic heterocycles. The van der Waals surface area contributed by atoms with Crippen molar-refractivity contribution in [2.24, 2.45) is 0 Å². The van der Waals surface area contributed by atoms with Crippen LogP contribution in [0.1, 0.15) is 35.0 Å². The van der Waals surface area contributed by atoms with E-state index >= 15 is 0 Å². The predicted molar refractivity (Wildman–Crippen MR) is 127 cm³/mol. The number of rotatable bonds is 9. The first-order valence-electron chi connectivity index (χ1n) is 10.1. The molecule has 8 heteroatoms. The summed E-state index contributed by atoms with van der Waals surface area (Å²) in [6.45, 7) is 2.05. The number of carboxylic acid groups (broad SMARTS) is 1. The van der Waals surface area contributed by atoms with Crippen LogP contribution in [0.15, 0.2) is 24.3 Å². The SMILES string of the molecule is CCCc1c(OC)c(OC)cc2nc(CBr)c(C(=O)O)c(-c3ccc(OC)c(OC)c3)c12. The second-order valence-electron chi connectivity index (χ2n) is 7.05. The number of ether oxygens (including phenoxy) is 4. The lowest BCUT2D eigenvalue weighted by Crippen LogP contribution is -2.10. The Morgan fingerprint density at radius 2 is 1.69 bits per heavy atom. The molecule has 170 valence electrons. The normalized spacial score (nSPS) is 10.8. The average Bonchev–Trinajstić information content (AvgIpc) is 2.81. The monoisotopic (exact) mass is 503 g/mol. The first-order valence-corrected chi connectivity index (χ1v) is 11.2. The summed E-state index contributed by atoms with van der Waals surface area (Å²) in [6, 6.07) is 7.16. The fraction of sp³-hybridized carbons (Fsp3) is 0.333. The fourth-order valence-corrected chi connectivity index (χ4v) is 4.39. The fourth-order valence-electron chi connectivity index (χ4n) is 3.99. The highest BCUT2D eigenvalue weighted by atomic mass is 79.9. The third-order valence-electron chi connectivity index (χ3n) is 5.30. The number of fused-ring (bicyclic) bond motifs is 1. The lowest BCUT2D eigenvalue weighted by Gasteiger charge is -2.21. The van der Waals surface area contributed by atoms with Crippen LogP contribution in [0, 0.1) is 0 Å². The van der Waals surface area contributed by atoms with Gasteiger partial charge in [-0.1, -0.05) is 35.3 Å². The third-order valence-corrected chi connectivity index (χ3v) is 5.84. The molecule has 3 aromatic rings. The van der Waals surface area contributed by atoms with Crippen molar-refractivity contribution in [3.8, 4) is 34.1 Å². The van der Waals surface area contributed by atoms with Gasteiger partial charge in [-0.05, 0) is 24.1 Å². The zero-order valence-electron chi connectivity index (χ0n) is 18.7. The smallest absolute Gasteiger partial charge is 0.338 e. The molecule has 0 atom stereocenters. The predicted octanol–water partition coefficient (Wildman–Crippen LogP) is 5.48. The van der Waals surface area contributed by atoms with E-state index in [1.54, 1.807) is 46.6 Å². The average molecular weight is 504 g/mol. The molecule has 0 unspecified atom stereocenters. The quantitative estimate of drug-likeness (QED) is 0.386. The summed E-state index contributed by atoms with van der Waals surface area (Å²) in [4.78, 5) is 17.2. The molecule has 0 amide bonds. The molecule has 32 heavy (non-hydrogen) atoms. The van der Waals surface area contributed by atoms with Gasteiger partial charge >= 0.3 is 5.97 Å². The number of benzene rings is 2. The zero-order valence-corrected chi connectivity index (χ0v) is 20.3. The zero-order chi connectivity index (χ0) is 23.4. The topological polar surface area (TPSA) is 87.1 Å². The molecule has 0 fully saturated rings. The second-order valence-corrected chi connectivity index (χ2v) is 7.61. The van der Waals surface area contributed by atoms with Gasteiger partial charge in [0.05, 0.1) is 45.2 Å². The van der Waals surface area contributed by atoms with Crippen LogP contribution in [0.25, 0.3) is 22.0 Å². The Bertz CT molecular complexity index is 1160. The molecule has 7 nitrogen and oxygen atoms in total. The van der Waals surface area contributed by atoms with E-state index in [0.29, 0.717) is 51.8 Å². The van der Waals surface area contributed by atoms with Crippen LogP contribution >= 0.6 is 15.9 Å². The van der Waals surface area contributed by atoms with Gasteiger partial charge in [0.15, 0.2) is 23.0 Å². The summed E-state index contributed by atoms with van der Waals surface area (Å²) in [5, 5.41) is 11.2. The van der Waals surface area contributed by atoms with Gasteiger partial charge in [0.25, 0.3) is 0 Å². The van der Waals surface area contributed by atoms with Crippen molar-refractivity contribution in [2.45, 2.75) is 25.1 Å². The van der Waals surface area contributed by atoms with Crippen molar-refractivity contribution in [2.75, 3.05) is 28.4 Å². The largest absolute Gasteiger partial charge is 0.493 e. The Hall–Kier alpha value is -3.00. The first-order chi connectivity index (χ1) is 15.4. The Balaban J connectivity index is 2.59. The van der Waals surface area contributed by atoms with Crippen LogP contribution in [0.5, 0.6) is 23.0 Å². The van der Waals surface area contributed by atoms with Crippen LogP contribution in [0.2, 0.25) is 0 Å². The number of carboxylic acids is 1. The number of alkyl halides is 1. The van der Waals surface area contributed by atoms with Crippen LogP contribution in [-0.2, 0) is 11.8 Å². The molecular formula is C24H26BrNO6. The van der Waals surface area contributed by atoms with Crippen molar-refractivity contribution in [1.82, 2.24) is 4.98 Å². The number of aromatic carboxylic acids is 1. The summed E-state index contributed by atoms with van der Waals surface area (Å²) >= 11 is 3.41. The van der Waals surface area contributed by atoms with Gasteiger partial charge in [-0.25, -0.2) is 4.79 Å². The van der Waals surface area contributed by atoms with E-state index in [2.05, 4.69) is 27.8 Å². The molecule has 0 aliphatic carbocycles. The summed E-state index contributed by atoms with van der Waals surface area (Å²) < 4.78 is 22.1. The molecule has 1 heterocycles. The number of halogens is 1. The van der Waals surface area contributed by atoms with Gasteiger partial charge in [0.2, 0.25) is 0 Å². The molecule has 3 rings (SSSR count). The van der Waals surface area contributed by atoms with Crippen molar-refractivity contribution in [1.29, 1.82) is 0 Å². The van der Waals surface area contributed by atoms with Crippen LogP contribution in [-0.4, -0.2) is 44.5 Å². The molecule has 0 radical (unpaired) electrons. The Labute approximate surface area is 195 Å². The van der Waals surface area contributed by atoms with E-state index < -0.39 is 5.97 Å². The second kappa shape index (κ2) is 10.1. The van der Waals surface area contributed by atoms with Gasteiger partial charge in [0.1, 0.15) is 0 Å². The Morgan fingerprint density at radius 3 is 2.22 bits per heavy atom. The highest BCUT2D eigenvalue weighted by Crippen LogP contribution is 2.45. The molecular weight excluding hydrogens is 478 g/mol. The van der Waals surface area contributed by atoms with E-state index in [1.165, 1.54) is 0 Å². The maximum atomic E-state index is 12.5. The van der Waals surface area contributed by atoms with Gasteiger partial charge in [-0.3, -0.25) is 4.98 Å². The van der Waals surface area contributed by atoms with E-state index in [1.807, 2.05) is 6.07 Å². The van der Waals surface area contributed by atoms with Crippen molar-refractivity contribution in [3.05, 3.63) is 41.1 Å². The number of nitrogens with zero attached hydrogens (tertiary/aromatic N) is 1. The highest BCUT2D eigenvalue weighted by molar-refractivity contribution is 9.08. The molecule has 0 saturated carbocycles. The molecule has 0 spiro atoms. The number of carbonyl (C=O) groups is 1. The van der Waals surface area contributed by atoms with Gasteiger partial charge < -0.3 is 24.1 Å². The Kier molecular flexibility index (Phi) is 7.45. The van der Waals surface area contributed by atoms with Gasteiger partial charge in [-0.2, -0.15) is 0 Å². The van der Waals surface area contributed by atoms with Crippen LogP contribution in [0.3, 0.4) is 0 Å². The summed E-state index contributed by atoms with van der Waals surface area (Å²) in [5.41, 5.74) is 3.28. The highest BCUT2D eigenvalue weighted by Gasteiger charge is 2.26. The molecule has 0 aliphatic rings. The van der Waals surface area contributed by atoms with E-state index in [0.717, 1.165) is 17.4 Å². The molecule has 0 aliphatic heterocycles. The van der Waals surface area contributed by atoms with Gasteiger partial charge in [-0.15, -0.1) is 0 Å². The standard InChI is InChI=1S/C24H26BrNO6/c1-6-7-14-21-15(11-19(31-4)23(14)32-5)26-16(12-25)22(24(27)28)20(21)13-8-9-17(29-2)18(10-13)30-3/h8-11H,6-7,12H2,1-5H3,(H,27,28). The van der Waals surface area contributed by atoms with Crippen molar-refractivity contribution >= 4 is 32.8 Å². The lowest BCUT2D eigenvalue weighted by molar-refractivity contribution is 0.0696. The summed E-state index contributed by atoms with van der Waals surface area (Å²) in [5.74, 6) is 1.13. The van der Waals surface area contributed by atoms with E-state index in [4.69, 9.17) is 18.9 Å². The summed E-state index contributed by atoms with van der Waals surface area (Å²) in [7, 11) is 6.26.